The van der Waals surface area contributed by atoms with E-state index in [1.165, 1.54) is 18.4 Å². The van der Waals surface area contributed by atoms with Crippen molar-refractivity contribution in [2.24, 2.45) is 0 Å². The summed E-state index contributed by atoms with van der Waals surface area (Å²) in [6.07, 6.45) is 3.77. The summed E-state index contributed by atoms with van der Waals surface area (Å²) >= 11 is 1.42. The molecular formula is C9H8O3S. The molecule has 0 amide bonds. The van der Waals surface area contributed by atoms with E-state index in [-0.39, 0.29) is 5.97 Å². The molecule has 68 valence electrons. The number of carbonyl (C=O) groups excluding carboxylic acids is 1. The maximum atomic E-state index is 11.2. The maximum Gasteiger partial charge on any atom is 0.339 e. The van der Waals surface area contributed by atoms with Crippen LogP contribution < -0.4 is 4.74 Å². The van der Waals surface area contributed by atoms with Crippen LogP contribution in [0.2, 0.25) is 0 Å². The second kappa shape index (κ2) is 3.22. The first-order valence-corrected chi connectivity index (χ1v) is 4.70. The molecule has 1 aliphatic rings. The number of rotatable bonds is 1. The van der Waals surface area contributed by atoms with Gasteiger partial charge in [-0.15, -0.1) is 11.3 Å². The molecule has 1 aromatic rings. The van der Waals surface area contributed by atoms with Gasteiger partial charge in [0.25, 0.3) is 0 Å². The largest absolute Gasteiger partial charge is 0.479 e. The van der Waals surface area contributed by atoms with Gasteiger partial charge in [-0.25, -0.2) is 4.79 Å². The van der Waals surface area contributed by atoms with Crippen LogP contribution in [0, 0.1) is 0 Å². The molecule has 0 atom stereocenters. The van der Waals surface area contributed by atoms with Gasteiger partial charge in [0.15, 0.2) is 5.06 Å². The summed E-state index contributed by atoms with van der Waals surface area (Å²) in [5.41, 5.74) is 1.42. The van der Waals surface area contributed by atoms with Crippen molar-refractivity contribution >= 4 is 23.4 Å². The first-order chi connectivity index (χ1) is 6.33. The minimum Gasteiger partial charge on any atom is -0.479 e. The average Bonchev–Trinajstić information content (AvgIpc) is 2.60. The molecule has 0 saturated carbocycles. The zero-order valence-electron chi connectivity index (χ0n) is 7.07. The predicted molar refractivity (Wildman–Crippen MR) is 50.2 cm³/mol. The quantitative estimate of drug-likeness (QED) is 0.644. The molecule has 0 aliphatic carbocycles. The smallest absolute Gasteiger partial charge is 0.339 e. The third-order valence-electron chi connectivity index (χ3n) is 1.79. The van der Waals surface area contributed by atoms with Crippen molar-refractivity contribution < 1.29 is 14.3 Å². The molecule has 1 aromatic heterocycles. The Balaban J connectivity index is 2.44. The number of esters is 1. The Bertz CT molecular complexity index is 365. The number of hydrogen-bond acceptors (Lipinski definition) is 4. The van der Waals surface area contributed by atoms with Gasteiger partial charge < -0.3 is 9.47 Å². The standard InChI is InChI=1S/C9H8O3S/c1-11-8(10)7-5-13-9-6(7)3-2-4-12-9/h2-3,5H,4H2,1H3. The molecule has 0 N–H and O–H groups in total. The summed E-state index contributed by atoms with van der Waals surface area (Å²) < 4.78 is 9.96. The van der Waals surface area contributed by atoms with Gasteiger partial charge in [0.1, 0.15) is 6.61 Å². The normalized spacial score (nSPS) is 13.3. The molecule has 0 spiro atoms. The van der Waals surface area contributed by atoms with Crippen molar-refractivity contribution in [3.63, 3.8) is 0 Å². The lowest BCUT2D eigenvalue weighted by molar-refractivity contribution is 0.0601. The van der Waals surface area contributed by atoms with Crippen LogP contribution in [0.1, 0.15) is 15.9 Å². The summed E-state index contributed by atoms with van der Waals surface area (Å²) in [7, 11) is 1.37. The van der Waals surface area contributed by atoms with Crippen molar-refractivity contribution in [3.05, 3.63) is 22.6 Å². The maximum absolute atomic E-state index is 11.2. The van der Waals surface area contributed by atoms with Crippen LogP contribution in [-0.2, 0) is 4.74 Å². The van der Waals surface area contributed by atoms with Gasteiger partial charge in [-0.1, -0.05) is 6.08 Å². The zero-order chi connectivity index (χ0) is 9.26. The summed E-state index contributed by atoms with van der Waals surface area (Å²) in [6.45, 7) is 0.578. The molecule has 2 heterocycles. The van der Waals surface area contributed by atoms with Crippen LogP contribution in [0.4, 0.5) is 0 Å². The molecule has 0 saturated heterocycles. The lowest BCUT2D eigenvalue weighted by Crippen LogP contribution is -2.04. The Labute approximate surface area is 79.6 Å². The number of methoxy groups -OCH3 is 1. The molecule has 0 unspecified atom stereocenters. The summed E-state index contributed by atoms with van der Waals surface area (Å²) in [5, 5.41) is 2.55. The molecule has 0 bridgehead atoms. The van der Waals surface area contributed by atoms with Crippen molar-refractivity contribution in [1.82, 2.24) is 0 Å². The molecular weight excluding hydrogens is 188 g/mol. The minimum atomic E-state index is -0.312. The molecule has 0 fully saturated rings. The Morgan fingerprint density at radius 3 is 3.31 bits per heavy atom. The Morgan fingerprint density at radius 2 is 2.54 bits per heavy atom. The summed E-state index contributed by atoms with van der Waals surface area (Å²) in [4.78, 5) is 11.2. The van der Waals surface area contributed by atoms with Crippen LogP contribution in [0.15, 0.2) is 11.5 Å². The predicted octanol–water partition coefficient (Wildman–Crippen LogP) is 1.94. The van der Waals surface area contributed by atoms with E-state index in [1.54, 1.807) is 5.38 Å². The van der Waals surface area contributed by atoms with Gasteiger partial charge in [-0.3, -0.25) is 0 Å². The highest BCUT2D eigenvalue weighted by atomic mass is 32.1. The van der Waals surface area contributed by atoms with Crippen molar-refractivity contribution in [3.8, 4) is 5.06 Å². The van der Waals surface area contributed by atoms with Crippen LogP contribution in [-0.4, -0.2) is 19.7 Å². The number of ether oxygens (including phenoxy) is 2. The van der Waals surface area contributed by atoms with Crippen LogP contribution >= 0.6 is 11.3 Å². The zero-order valence-corrected chi connectivity index (χ0v) is 7.89. The van der Waals surface area contributed by atoms with Crippen LogP contribution in [0.25, 0.3) is 6.08 Å². The molecule has 3 nitrogen and oxygen atoms in total. The van der Waals surface area contributed by atoms with E-state index in [2.05, 4.69) is 4.74 Å². The minimum absolute atomic E-state index is 0.312. The summed E-state index contributed by atoms with van der Waals surface area (Å²) in [6, 6.07) is 0. The molecule has 4 heteroatoms. The van der Waals surface area contributed by atoms with Gasteiger partial charge in [0, 0.05) is 10.9 Å². The molecule has 1 aliphatic heterocycles. The van der Waals surface area contributed by atoms with Crippen molar-refractivity contribution in [1.29, 1.82) is 0 Å². The van der Waals surface area contributed by atoms with Gasteiger partial charge >= 0.3 is 5.97 Å². The summed E-state index contributed by atoms with van der Waals surface area (Å²) in [5.74, 6) is -0.312. The second-order valence-electron chi connectivity index (χ2n) is 2.56. The van der Waals surface area contributed by atoms with Crippen LogP contribution in [0.3, 0.4) is 0 Å². The van der Waals surface area contributed by atoms with Crippen LogP contribution in [0.5, 0.6) is 5.06 Å². The van der Waals surface area contributed by atoms with Gasteiger partial charge in [-0.2, -0.15) is 0 Å². The highest BCUT2D eigenvalue weighted by Gasteiger charge is 2.18. The number of thiophene rings is 1. The highest BCUT2D eigenvalue weighted by Crippen LogP contribution is 2.34. The first kappa shape index (κ1) is 8.31. The molecule has 2 rings (SSSR count). The molecule has 0 radical (unpaired) electrons. The van der Waals surface area contributed by atoms with Crippen molar-refractivity contribution in [2.75, 3.05) is 13.7 Å². The fourth-order valence-corrected chi connectivity index (χ4v) is 2.07. The fourth-order valence-electron chi connectivity index (χ4n) is 1.18. The first-order valence-electron chi connectivity index (χ1n) is 3.82. The van der Waals surface area contributed by atoms with E-state index in [0.717, 1.165) is 10.6 Å². The third-order valence-corrected chi connectivity index (χ3v) is 2.70. The monoisotopic (exact) mass is 196 g/mol. The lowest BCUT2D eigenvalue weighted by Gasteiger charge is -2.07. The van der Waals surface area contributed by atoms with E-state index in [1.807, 2.05) is 12.2 Å². The number of hydrogen-bond donors (Lipinski definition) is 0. The third kappa shape index (κ3) is 1.33. The van der Waals surface area contributed by atoms with E-state index in [4.69, 9.17) is 4.74 Å². The Hall–Kier alpha value is -1.29. The van der Waals surface area contributed by atoms with Gasteiger partial charge in [-0.05, 0) is 6.08 Å². The van der Waals surface area contributed by atoms with Crippen molar-refractivity contribution in [2.45, 2.75) is 0 Å². The topological polar surface area (TPSA) is 35.5 Å². The average molecular weight is 196 g/mol. The highest BCUT2D eigenvalue weighted by molar-refractivity contribution is 7.12. The number of fused-ring (bicyclic) bond motifs is 1. The molecule has 13 heavy (non-hydrogen) atoms. The fraction of sp³-hybridized carbons (Fsp3) is 0.222. The molecule has 0 aromatic carbocycles. The van der Waals surface area contributed by atoms with E-state index < -0.39 is 0 Å². The van der Waals surface area contributed by atoms with E-state index >= 15 is 0 Å². The van der Waals surface area contributed by atoms with Gasteiger partial charge in [0.05, 0.1) is 12.7 Å². The Morgan fingerprint density at radius 1 is 1.69 bits per heavy atom. The second-order valence-corrected chi connectivity index (χ2v) is 3.40. The van der Waals surface area contributed by atoms with Gasteiger partial charge in [0.2, 0.25) is 0 Å². The Kier molecular flexibility index (Phi) is 2.06. The van der Waals surface area contributed by atoms with E-state index in [0.29, 0.717) is 12.2 Å². The lowest BCUT2D eigenvalue weighted by atomic mass is 10.1. The van der Waals surface area contributed by atoms with E-state index in [9.17, 15) is 4.79 Å². The number of carbonyl (C=O) groups is 1. The SMILES string of the molecule is COC(=O)c1csc2c1C=CCO2.